The summed E-state index contributed by atoms with van der Waals surface area (Å²) in [7, 11) is 0.689. The summed E-state index contributed by atoms with van der Waals surface area (Å²) in [4.78, 5) is 15.4. The fraction of sp³-hybridized carbons (Fsp3) is 0.476. The summed E-state index contributed by atoms with van der Waals surface area (Å²) in [5.74, 6) is -0.745. The third-order valence-corrected chi connectivity index (χ3v) is 6.36. The Morgan fingerprint density at radius 3 is 2.48 bits per heavy atom. The Hall–Kier alpha value is -2.79. The molecule has 180 valence electrons. The van der Waals surface area contributed by atoms with Crippen LogP contribution in [0.1, 0.15) is 37.6 Å². The Labute approximate surface area is 198 Å². The van der Waals surface area contributed by atoms with Crippen LogP contribution in [0.4, 0.5) is 5.69 Å². The first kappa shape index (κ1) is 24.8. The van der Waals surface area contributed by atoms with Crippen LogP contribution in [-0.4, -0.2) is 74.2 Å². The lowest BCUT2D eigenvalue weighted by Crippen LogP contribution is -2.54. The molecule has 0 radical (unpaired) electrons. The number of para-hydroxylation sites is 1. The molecule has 3 rings (SSSR count). The van der Waals surface area contributed by atoms with Gasteiger partial charge in [-0.05, 0) is 17.5 Å². The maximum Gasteiger partial charge on any atom is 0.367 e. The fourth-order valence-corrected chi connectivity index (χ4v) is 5.02. The maximum absolute atomic E-state index is 12.4. The molecule has 2 N–H and O–H groups in total. The number of likely N-dealkylation sites (N-methyl/N-ethyl adjacent to an activating group) is 1. The zero-order valence-corrected chi connectivity index (χ0v) is 20.9. The van der Waals surface area contributed by atoms with E-state index in [9.17, 15) is 18.3 Å². The molecule has 2 unspecified atom stereocenters. The van der Waals surface area contributed by atoms with E-state index >= 15 is 0 Å². The van der Waals surface area contributed by atoms with Crippen LogP contribution < -0.4 is 5.32 Å². The molecule has 1 aromatic rings. The standard InChI is InChI=1S/C21H28ClN5O5S/c1-21(2,3)17(15-10-12(22)11-32-15)27(6)19-18(24-33(30,31)25-19)23-14-9-7-8-13(16(14)28)20(29)26(4)5/h7-9,11,15,17,28H,10H2,1-6H3,(H,23,24). The number of phenols is 1. The average Bonchev–Trinajstić information content (AvgIpc) is 3.23. The molecular formula is C21H28ClN5O5S. The molecule has 2 heterocycles. The van der Waals surface area contributed by atoms with E-state index in [1.54, 1.807) is 32.1 Å². The first-order valence-corrected chi connectivity index (χ1v) is 12.0. The average molecular weight is 498 g/mol. The number of benzene rings is 1. The van der Waals surface area contributed by atoms with Crippen LogP contribution in [-0.2, 0) is 14.9 Å². The molecule has 2 aliphatic heterocycles. The highest BCUT2D eigenvalue weighted by molar-refractivity contribution is 7.89. The summed E-state index contributed by atoms with van der Waals surface area (Å²) < 4.78 is 37.9. The Morgan fingerprint density at radius 1 is 1.27 bits per heavy atom. The second-order valence-corrected chi connectivity index (χ2v) is 10.9. The first-order chi connectivity index (χ1) is 15.2. The number of hydrogen-bond donors (Lipinski definition) is 2. The Morgan fingerprint density at radius 2 is 1.94 bits per heavy atom. The highest BCUT2D eigenvalue weighted by atomic mass is 35.5. The van der Waals surface area contributed by atoms with Gasteiger partial charge in [0.05, 0.1) is 28.6 Å². The van der Waals surface area contributed by atoms with Gasteiger partial charge in [0, 0.05) is 27.6 Å². The zero-order chi connectivity index (χ0) is 24.7. The molecule has 2 atom stereocenters. The summed E-state index contributed by atoms with van der Waals surface area (Å²) >= 11 is 6.12. The Kier molecular flexibility index (Phi) is 6.67. The summed E-state index contributed by atoms with van der Waals surface area (Å²) in [5.41, 5.74) is -0.172. The van der Waals surface area contributed by atoms with Gasteiger partial charge in [-0.2, -0.15) is 8.42 Å². The van der Waals surface area contributed by atoms with E-state index in [2.05, 4.69) is 14.1 Å². The van der Waals surface area contributed by atoms with Gasteiger partial charge in [0.2, 0.25) is 0 Å². The normalized spacial score (nSPS) is 20.3. The molecule has 33 heavy (non-hydrogen) atoms. The molecule has 0 fully saturated rings. The lowest BCUT2D eigenvalue weighted by molar-refractivity contribution is 0.0361. The number of nitrogens with one attached hydrogen (secondary N) is 1. The van der Waals surface area contributed by atoms with Crippen molar-refractivity contribution in [2.75, 3.05) is 26.5 Å². The number of ether oxygens (including phenoxy) is 1. The number of amidine groups is 2. The minimum absolute atomic E-state index is 0.0605. The Balaban J connectivity index is 1.96. The van der Waals surface area contributed by atoms with Crippen LogP contribution >= 0.6 is 11.6 Å². The van der Waals surface area contributed by atoms with Crippen molar-refractivity contribution in [3.05, 3.63) is 35.1 Å². The number of carbonyl (C=O) groups excluding carboxylic acids is 1. The van der Waals surface area contributed by atoms with Crippen LogP contribution in [0, 0.1) is 5.41 Å². The second kappa shape index (κ2) is 8.86. The molecule has 2 aliphatic rings. The van der Waals surface area contributed by atoms with E-state index in [1.807, 2.05) is 20.8 Å². The number of nitrogens with zero attached hydrogens (tertiary/aromatic N) is 4. The van der Waals surface area contributed by atoms with Crippen molar-refractivity contribution in [2.24, 2.45) is 14.2 Å². The quantitative estimate of drug-likeness (QED) is 0.613. The Bertz CT molecular complexity index is 1150. The fourth-order valence-electron chi connectivity index (χ4n) is 3.98. The number of hydrogen-bond acceptors (Lipinski definition) is 7. The highest BCUT2D eigenvalue weighted by Crippen LogP contribution is 2.36. The minimum atomic E-state index is -4.14. The predicted octanol–water partition coefficient (Wildman–Crippen LogP) is 2.78. The molecular weight excluding hydrogens is 470 g/mol. The van der Waals surface area contributed by atoms with Gasteiger partial charge in [-0.25, -0.2) is 0 Å². The molecule has 0 bridgehead atoms. The van der Waals surface area contributed by atoms with Crippen LogP contribution in [0.5, 0.6) is 5.75 Å². The summed E-state index contributed by atoms with van der Waals surface area (Å²) in [6, 6.07) is 4.24. The highest BCUT2D eigenvalue weighted by Gasteiger charge is 2.42. The van der Waals surface area contributed by atoms with Crippen LogP contribution in [0.15, 0.2) is 38.3 Å². The van der Waals surface area contributed by atoms with E-state index < -0.39 is 16.1 Å². The third-order valence-electron chi connectivity index (χ3n) is 5.30. The molecule has 1 aromatic carbocycles. The number of anilines is 1. The topological polar surface area (TPSA) is 124 Å². The van der Waals surface area contributed by atoms with Crippen molar-refractivity contribution in [2.45, 2.75) is 39.3 Å². The molecule has 0 saturated heterocycles. The van der Waals surface area contributed by atoms with Crippen LogP contribution in [0.3, 0.4) is 0 Å². The summed E-state index contributed by atoms with van der Waals surface area (Å²) in [6.45, 7) is 6.00. The van der Waals surface area contributed by atoms with Crippen molar-refractivity contribution in [1.29, 1.82) is 0 Å². The summed E-state index contributed by atoms with van der Waals surface area (Å²) in [6.07, 6.45) is 1.64. The molecule has 0 saturated carbocycles. The number of halogens is 1. The van der Waals surface area contributed by atoms with Crippen molar-refractivity contribution < 1.29 is 23.1 Å². The van der Waals surface area contributed by atoms with Gasteiger partial charge in [0.15, 0.2) is 17.4 Å². The molecule has 10 nitrogen and oxygen atoms in total. The third kappa shape index (κ3) is 5.25. The first-order valence-electron chi connectivity index (χ1n) is 10.2. The number of aromatic hydroxyl groups is 1. The zero-order valence-electron chi connectivity index (χ0n) is 19.3. The van der Waals surface area contributed by atoms with Crippen molar-refractivity contribution in [3.8, 4) is 5.75 Å². The van der Waals surface area contributed by atoms with Gasteiger partial charge in [0.25, 0.3) is 5.91 Å². The van der Waals surface area contributed by atoms with Crippen LogP contribution in [0.2, 0.25) is 0 Å². The van der Waals surface area contributed by atoms with Crippen molar-refractivity contribution >= 4 is 45.1 Å². The van der Waals surface area contributed by atoms with E-state index in [0.29, 0.717) is 11.5 Å². The van der Waals surface area contributed by atoms with Gasteiger partial charge in [-0.3, -0.25) is 4.79 Å². The maximum atomic E-state index is 12.4. The number of phenolic OH excluding ortho intramolecular Hbond substituents is 1. The van der Waals surface area contributed by atoms with Gasteiger partial charge in [-0.1, -0.05) is 38.4 Å². The van der Waals surface area contributed by atoms with E-state index in [4.69, 9.17) is 16.3 Å². The molecule has 1 amide bonds. The minimum Gasteiger partial charge on any atom is -0.505 e. The molecule has 0 spiro atoms. The van der Waals surface area contributed by atoms with E-state index in [1.165, 1.54) is 23.3 Å². The molecule has 12 heteroatoms. The largest absolute Gasteiger partial charge is 0.505 e. The van der Waals surface area contributed by atoms with E-state index in [0.717, 1.165) is 0 Å². The molecule has 0 aliphatic carbocycles. The number of amides is 1. The van der Waals surface area contributed by atoms with Gasteiger partial charge < -0.3 is 25.0 Å². The number of rotatable bonds is 4. The lowest BCUT2D eigenvalue weighted by atomic mass is 9.81. The van der Waals surface area contributed by atoms with Gasteiger partial charge in [-0.15, -0.1) is 8.80 Å². The second-order valence-electron chi connectivity index (χ2n) is 9.19. The monoisotopic (exact) mass is 497 g/mol. The lowest BCUT2D eigenvalue weighted by Gasteiger charge is -2.42. The van der Waals surface area contributed by atoms with E-state index in [-0.39, 0.29) is 46.2 Å². The molecule has 0 aromatic heterocycles. The van der Waals surface area contributed by atoms with Crippen molar-refractivity contribution in [3.63, 3.8) is 0 Å². The smallest absolute Gasteiger partial charge is 0.367 e. The van der Waals surface area contributed by atoms with Crippen LogP contribution in [0.25, 0.3) is 0 Å². The summed E-state index contributed by atoms with van der Waals surface area (Å²) in [5, 5.41) is 14.1. The number of carbonyl (C=O) groups is 1. The SMILES string of the molecule is CN(C)C(=O)c1cccc(NC2=NS(=O)(=O)N=C2N(C)C(C2CC(Cl)=CO2)C(C)(C)C)c1O. The van der Waals surface area contributed by atoms with Gasteiger partial charge >= 0.3 is 10.2 Å². The predicted molar refractivity (Wildman–Crippen MR) is 128 cm³/mol. The van der Waals surface area contributed by atoms with Crippen molar-refractivity contribution in [1.82, 2.24) is 9.80 Å². The van der Waals surface area contributed by atoms with Gasteiger partial charge in [0.1, 0.15) is 6.10 Å².